The summed E-state index contributed by atoms with van der Waals surface area (Å²) in [5.41, 5.74) is 1.57. The number of benzene rings is 2. The summed E-state index contributed by atoms with van der Waals surface area (Å²) >= 11 is 0. The molecule has 2 atom stereocenters. The maximum absolute atomic E-state index is 13.3. The Labute approximate surface area is 191 Å². The average molecular weight is 452 g/mol. The molecule has 2 amide bonds. The number of hydrogen-bond donors (Lipinski definition) is 1. The number of amides is 2. The molecule has 3 aromatic rings. The Morgan fingerprint density at radius 2 is 1.85 bits per heavy atom. The van der Waals surface area contributed by atoms with Crippen LogP contribution in [-0.2, 0) is 11.3 Å². The molecule has 0 unspecified atom stereocenters. The molecular formula is C25H25FN2O5. The molecule has 0 saturated carbocycles. The van der Waals surface area contributed by atoms with Gasteiger partial charge in [-0.05, 0) is 35.9 Å². The largest absolute Gasteiger partial charge is 0.493 e. The van der Waals surface area contributed by atoms with Gasteiger partial charge in [0, 0.05) is 31.1 Å². The van der Waals surface area contributed by atoms with Gasteiger partial charge < -0.3 is 24.1 Å². The standard InChI is InChI=1S/C25H25FN2O5/c1-31-21-6-3-5-18(23(21)32-2)19-14-28(25(30)22-7-4-12-33-22)15-20(19)24(29)27-13-16-8-10-17(26)11-9-16/h3-12,19-20H,13-15H2,1-2H3,(H,27,29)/t19-,20-/m0/s1. The Morgan fingerprint density at radius 1 is 1.06 bits per heavy atom. The Hall–Kier alpha value is -3.81. The number of furan rings is 1. The molecule has 4 rings (SSSR count). The number of rotatable bonds is 7. The SMILES string of the molecule is COc1cccc([C@@H]2CN(C(=O)c3ccco3)C[C@@H]2C(=O)NCc2ccc(F)cc2)c1OC. The molecule has 1 aromatic heterocycles. The normalized spacial score (nSPS) is 17.6. The van der Waals surface area contributed by atoms with Gasteiger partial charge in [-0.1, -0.05) is 24.3 Å². The second-order valence-corrected chi connectivity index (χ2v) is 7.83. The second-order valence-electron chi connectivity index (χ2n) is 7.83. The van der Waals surface area contributed by atoms with E-state index in [9.17, 15) is 14.0 Å². The van der Waals surface area contributed by atoms with Crippen molar-refractivity contribution in [2.45, 2.75) is 12.5 Å². The summed E-state index contributed by atoms with van der Waals surface area (Å²) < 4.78 is 29.5. The molecule has 33 heavy (non-hydrogen) atoms. The van der Waals surface area contributed by atoms with Crippen molar-refractivity contribution >= 4 is 11.8 Å². The van der Waals surface area contributed by atoms with E-state index < -0.39 is 5.92 Å². The zero-order chi connectivity index (χ0) is 23.4. The van der Waals surface area contributed by atoms with Gasteiger partial charge in [0.1, 0.15) is 5.82 Å². The Morgan fingerprint density at radius 3 is 2.52 bits per heavy atom. The lowest BCUT2D eigenvalue weighted by Crippen LogP contribution is -2.35. The molecule has 172 valence electrons. The number of para-hydroxylation sites is 1. The van der Waals surface area contributed by atoms with Crippen LogP contribution in [0.5, 0.6) is 11.5 Å². The molecule has 2 heterocycles. The first kappa shape index (κ1) is 22.4. The van der Waals surface area contributed by atoms with Crippen molar-refractivity contribution in [3.63, 3.8) is 0 Å². The van der Waals surface area contributed by atoms with Crippen LogP contribution < -0.4 is 14.8 Å². The zero-order valence-electron chi connectivity index (χ0n) is 18.4. The highest BCUT2D eigenvalue weighted by Gasteiger charge is 2.42. The van der Waals surface area contributed by atoms with Crippen molar-refractivity contribution in [3.05, 3.63) is 83.6 Å². The van der Waals surface area contributed by atoms with Crippen LogP contribution in [0.15, 0.2) is 65.3 Å². The van der Waals surface area contributed by atoms with Gasteiger partial charge in [0.15, 0.2) is 17.3 Å². The van der Waals surface area contributed by atoms with Crippen LogP contribution in [-0.4, -0.2) is 44.0 Å². The van der Waals surface area contributed by atoms with Gasteiger partial charge in [0.05, 0.1) is 26.4 Å². The topological polar surface area (TPSA) is 81.0 Å². The molecule has 1 aliphatic rings. The van der Waals surface area contributed by atoms with E-state index in [2.05, 4.69) is 5.32 Å². The quantitative estimate of drug-likeness (QED) is 0.592. The molecular weight excluding hydrogens is 427 g/mol. The van der Waals surface area contributed by atoms with E-state index in [1.165, 1.54) is 18.4 Å². The first-order chi connectivity index (χ1) is 16.0. The predicted molar refractivity (Wildman–Crippen MR) is 119 cm³/mol. The number of methoxy groups -OCH3 is 2. The Bertz CT molecular complexity index is 1110. The van der Waals surface area contributed by atoms with Crippen molar-refractivity contribution in [3.8, 4) is 11.5 Å². The maximum Gasteiger partial charge on any atom is 0.289 e. The molecule has 1 fully saturated rings. The van der Waals surface area contributed by atoms with Crippen LogP contribution in [0, 0.1) is 11.7 Å². The molecule has 0 radical (unpaired) electrons. The summed E-state index contributed by atoms with van der Waals surface area (Å²) in [7, 11) is 3.10. The number of nitrogens with zero attached hydrogens (tertiary/aromatic N) is 1. The van der Waals surface area contributed by atoms with Crippen LogP contribution in [0.25, 0.3) is 0 Å². The average Bonchev–Trinajstić information content (AvgIpc) is 3.53. The third kappa shape index (κ3) is 4.69. The van der Waals surface area contributed by atoms with E-state index >= 15 is 0 Å². The minimum Gasteiger partial charge on any atom is -0.493 e. The molecule has 0 spiro atoms. The van der Waals surface area contributed by atoms with Crippen LogP contribution in [0.4, 0.5) is 4.39 Å². The molecule has 8 heteroatoms. The lowest BCUT2D eigenvalue weighted by atomic mass is 9.87. The number of ether oxygens (including phenoxy) is 2. The first-order valence-corrected chi connectivity index (χ1v) is 10.6. The third-order valence-electron chi connectivity index (χ3n) is 5.89. The second kappa shape index (κ2) is 9.77. The van der Waals surface area contributed by atoms with E-state index in [4.69, 9.17) is 13.9 Å². The van der Waals surface area contributed by atoms with Crippen molar-refractivity contribution in [2.24, 2.45) is 5.92 Å². The van der Waals surface area contributed by atoms with Gasteiger partial charge in [-0.2, -0.15) is 0 Å². The molecule has 7 nitrogen and oxygen atoms in total. The Kier molecular flexibility index (Phi) is 6.63. The molecule has 1 saturated heterocycles. The number of likely N-dealkylation sites (tertiary alicyclic amines) is 1. The van der Waals surface area contributed by atoms with Gasteiger partial charge >= 0.3 is 0 Å². The van der Waals surface area contributed by atoms with Crippen molar-refractivity contribution in [2.75, 3.05) is 27.3 Å². The van der Waals surface area contributed by atoms with E-state index in [0.29, 0.717) is 18.0 Å². The van der Waals surface area contributed by atoms with Crippen molar-refractivity contribution < 1.29 is 27.9 Å². The van der Waals surface area contributed by atoms with Crippen molar-refractivity contribution in [1.82, 2.24) is 10.2 Å². The monoisotopic (exact) mass is 452 g/mol. The fraction of sp³-hybridized carbons (Fsp3) is 0.280. The Balaban J connectivity index is 1.60. The summed E-state index contributed by atoms with van der Waals surface area (Å²) in [4.78, 5) is 27.8. The van der Waals surface area contributed by atoms with E-state index in [1.807, 2.05) is 12.1 Å². The number of halogens is 1. The van der Waals surface area contributed by atoms with E-state index in [1.54, 1.807) is 49.5 Å². The summed E-state index contributed by atoms with van der Waals surface area (Å²) in [5, 5.41) is 2.93. The minimum absolute atomic E-state index is 0.205. The summed E-state index contributed by atoms with van der Waals surface area (Å²) in [6.07, 6.45) is 1.44. The van der Waals surface area contributed by atoms with Gasteiger partial charge in [-0.3, -0.25) is 9.59 Å². The lowest BCUT2D eigenvalue weighted by molar-refractivity contribution is -0.125. The van der Waals surface area contributed by atoms with Crippen molar-refractivity contribution in [1.29, 1.82) is 0 Å². The van der Waals surface area contributed by atoms with Gasteiger partial charge in [0.2, 0.25) is 5.91 Å². The third-order valence-corrected chi connectivity index (χ3v) is 5.89. The lowest BCUT2D eigenvalue weighted by Gasteiger charge is -2.21. The maximum atomic E-state index is 13.3. The molecule has 1 aliphatic heterocycles. The van der Waals surface area contributed by atoms with Crippen LogP contribution in [0.2, 0.25) is 0 Å². The number of carbonyl (C=O) groups is 2. The zero-order valence-corrected chi connectivity index (χ0v) is 18.4. The number of carbonyl (C=O) groups excluding carboxylic acids is 2. The summed E-state index contributed by atoms with van der Waals surface area (Å²) in [6.45, 7) is 0.793. The van der Waals surface area contributed by atoms with Gasteiger partial charge in [-0.25, -0.2) is 4.39 Å². The minimum atomic E-state index is -0.523. The fourth-order valence-corrected chi connectivity index (χ4v) is 4.23. The number of nitrogens with one attached hydrogen (secondary N) is 1. The van der Waals surface area contributed by atoms with E-state index in [0.717, 1.165) is 11.1 Å². The molecule has 1 N–H and O–H groups in total. The molecule has 2 aromatic carbocycles. The molecule has 0 bridgehead atoms. The fourth-order valence-electron chi connectivity index (χ4n) is 4.23. The van der Waals surface area contributed by atoms with Gasteiger partial charge in [0.25, 0.3) is 5.91 Å². The smallest absolute Gasteiger partial charge is 0.289 e. The van der Waals surface area contributed by atoms with E-state index in [-0.39, 0.29) is 42.4 Å². The number of hydrogen-bond acceptors (Lipinski definition) is 5. The predicted octanol–water partition coefficient (Wildman–Crippen LogP) is 3.61. The van der Waals surface area contributed by atoms with Crippen LogP contribution in [0.1, 0.15) is 27.6 Å². The van der Waals surface area contributed by atoms with Crippen LogP contribution >= 0.6 is 0 Å². The summed E-state index contributed by atoms with van der Waals surface area (Å²) in [5.74, 6) is -0.348. The summed E-state index contributed by atoms with van der Waals surface area (Å²) in [6, 6.07) is 14.7. The molecule has 0 aliphatic carbocycles. The highest BCUT2D eigenvalue weighted by atomic mass is 19.1. The van der Waals surface area contributed by atoms with Gasteiger partial charge in [-0.15, -0.1) is 0 Å². The first-order valence-electron chi connectivity index (χ1n) is 10.6. The highest BCUT2D eigenvalue weighted by molar-refractivity contribution is 5.93. The highest BCUT2D eigenvalue weighted by Crippen LogP contribution is 2.42. The van der Waals surface area contributed by atoms with Crippen LogP contribution in [0.3, 0.4) is 0 Å².